The summed E-state index contributed by atoms with van der Waals surface area (Å²) >= 11 is 1.88. The van der Waals surface area contributed by atoms with Crippen molar-refractivity contribution >= 4 is 27.8 Å². The Morgan fingerprint density at radius 3 is 2.79 bits per heavy atom. The molecular formula is C21H22N2S. The van der Waals surface area contributed by atoms with Crippen LogP contribution in [0, 0.1) is 13.8 Å². The first-order chi connectivity index (χ1) is 11.6. The minimum Gasteiger partial charge on any atom is -0.339 e. The minimum absolute atomic E-state index is 0.511. The third-order valence-corrected chi connectivity index (χ3v) is 6.63. The van der Waals surface area contributed by atoms with Crippen LogP contribution in [-0.2, 0) is 13.1 Å². The van der Waals surface area contributed by atoms with E-state index < -0.39 is 0 Å². The largest absolute Gasteiger partial charge is 0.339 e. The Kier molecular flexibility index (Phi) is 3.07. The summed E-state index contributed by atoms with van der Waals surface area (Å²) in [6, 6.07) is 9.20. The van der Waals surface area contributed by atoms with Gasteiger partial charge in [0.25, 0.3) is 0 Å². The van der Waals surface area contributed by atoms with E-state index in [-0.39, 0.29) is 0 Å². The average molecular weight is 334 g/mol. The molecule has 0 amide bonds. The molecule has 1 unspecified atom stereocenters. The molecule has 1 atom stereocenters. The number of aryl methyl sites for hydroxylation is 2. The van der Waals surface area contributed by atoms with E-state index in [4.69, 9.17) is 0 Å². The van der Waals surface area contributed by atoms with Crippen molar-refractivity contribution in [3.05, 3.63) is 63.0 Å². The third kappa shape index (κ3) is 1.98. The zero-order chi connectivity index (χ0) is 16.4. The Hall–Kier alpha value is -1.84. The van der Waals surface area contributed by atoms with Gasteiger partial charge in [-0.1, -0.05) is 17.7 Å². The number of likely N-dealkylation sites (N-methyl/N-ethyl adjacent to an activating group) is 1. The molecule has 2 aromatic heterocycles. The molecule has 0 bridgehead atoms. The maximum atomic E-state index is 2.59. The van der Waals surface area contributed by atoms with Gasteiger partial charge < -0.3 is 9.47 Å². The summed E-state index contributed by atoms with van der Waals surface area (Å²) in [4.78, 5) is 3.93. The maximum absolute atomic E-state index is 2.59. The number of hydrogen-bond donors (Lipinski definition) is 0. The summed E-state index contributed by atoms with van der Waals surface area (Å²) in [7, 11) is 2.25. The molecule has 0 radical (unpaired) electrons. The van der Waals surface area contributed by atoms with E-state index in [1.54, 1.807) is 11.3 Å². The fourth-order valence-corrected chi connectivity index (χ4v) is 5.47. The van der Waals surface area contributed by atoms with Crippen LogP contribution in [0.25, 0.3) is 16.5 Å². The minimum atomic E-state index is 0.511. The van der Waals surface area contributed by atoms with Gasteiger partial charge in [0.1, 0.15) is 0 Å². The van der Waals surface area contributed by atoms with E-state index in [1.165, 1.54) is 32.5 Å². The predicted molar refractivity (Wildman–Crippen MR) is 103 cm³/mol. The Balaban J connectivity index is 1.76. The van der Waals surface area contributed by atoms with Gasteiger partial charge in [0.2, 0.25) is 0 Å². The van der Waals surface area contributed by atoms with Crippen LogP contribution in [0.15, 0.2) is 35.7 Å². The van der Waals surface area contributed by atoms with Crippen LogP contribution in [0.5, 0.6) is 0 Å². The highest BCUT2D eigenvalue weighted by atomic mass is 32.1. The van der Waals surface area contributed by atoms with Gasteiger partial charge in [-0.15, -0.1) is 11.3 Å². The molecule has 3 heteroatoms. The van der Waals surface area contributed by atoms with Crippen LogP contribution in [0.2, 0.25) is 0 Å². The molecule has 3 aromatic rings. The molecule has 0 fully saturated rings. The van der Waals surface area contributed by atoms with Gasteiger partial charge in [0.05, 0.1) is 0 Å². The molecular weight excluding hydrogens is 312 g/mol. The first kappa shape index (κ1) is 14.5. The lowest BCUT2D eigenvalue weighted by Crippen LogP contribution is -2.32. The van der Waals surface area contributed by atoms with Crippen LogP contribution >= 0.6 is 11.3 Å². The van der Waals surface area contributed by atoms with Gasteiger partial charge in [0, 0.05) is 47.0 Å². The maximum Gasteiger partial charge on any atom is 0.0490 e. The molecule has 0 aliphatic carbocycles. The molecule has 5 rings (SSSR count). The van der Waals surface area contributed by atoms with E-state index in [2.05, 4.69) is 66.1 Å². The number of hydrogen-bond acceptors (Lipinski definition) is 2. The van der Waals surface area contributed by atoms with Gasteiger partial charge in [-0.25, -0.2) is 0 Å². The van der Waals surface area contributed by atoms with Crippen LogP contribution in [0.1, 0.15) is 33.2 Å². The van der Waals surface area contributed by atoms with E-state index in [0.29, 0.717) is 5.92 Å². The lowest BCUT2D eigenvalue weighted by molar-refractivity contribution is 0.292. The van der Waals surface area contributed by atoms with Gasteiger partial charge >= 0.3 is 0 Å². The van der Waals surface area contributed by atoms with Crippen molar-refractivity contribution in [2.75, 3.05) is 13.6 Å². The molecule has 2 nitrogen and oxygen atoms in total. The number of thiophene rings is 1. The number of aromatic nitrogens is 1. The number of benzene rings is 1. The molecule has 0 N–H and O–H groups in total. The van der Waals surface area contributed by atoms with Gasteiger partial charge in [-0.3, -0.25) is 0 Å². The van der Waals surface area contributed by atoms with Crippen LogP contribution in [-0.4, -0.2) is 23.1 Å². The second-order valence-electron chi connectivity index (χ2n) is 7.40. The van der Waals surface area contributed by atoms with Crippen molar-refractivity contribution in [1.82, 2.24) is 9.47 Å². The monoisotopic (exact) mass is 334 g/mol. The molecule has 4 heterocycles. The van der Waals surface area contributed by atoms with Crippen LogP contribution in [0.4, 0.5) is 0 Å². The highest BCUT2D eigenvalue weighted by Gasteiger charge is 2.32. The molecule has 0 spiro atoms. The van der Waals surface area contributed by atoms with Crippen molar-refractivity contribution in [2.45, 2.75) is 32.9 Å². The van der Waals surface area contributed by atoms with E-state index in [1.807, 2.05) is 11.3 Å². The van der Waals surface area contributed by atoms with Crippen LogP contribution < -0.4 is 0 Å². The molecule has 0 saturated carbocycles. The number of fused-ring (bicyclic) bond motifs is 3. The smallest absolute Gasteiger partial charge is 0.0490 e. The normalized spacial score (nSPS) is 20.3. The Morgan fingerprint density at radius 2 is 2.00 bits per heavy atom. The standard InChI is InChI=1S/C21H22N2S/c1-13-4-5-19-17(8-13)18-12-22(3)10-15-9-16(11-23(19)20(15)18)21-14(2)6-7-24-21/h4-9,15H,10-12H2,1-3H3. The third-order valence-electron chi connectivity index (χ3n) is 5.54. The van der Waals surface area contributed by atoms with Crippen LogP contribution in [0.3, 0.4) is 0 Å². The van der Waals surface area contributed by atoms with E-state index in [0.717, 1.165) is 19.6 Å². The summed E-state index contributed by atoms with van der Waals surface area (Å²) in [5.74, 6) is 0.511. The highest BCUT2D eigenvalue weighted by molar-refractivity contribution is 7.11. The lowest BCUT2D eigenvalue weighted by Gasteiger charge is -2.33. The molecule has 0 saturated heterocycles. The number of allylic oxidation sites excluding steroid dienone is 1. The SMILES string of the molecule is Cc1ccc2c(c1)c1c3n2CC(c2sccc2C)=CC3CN(C)C1. The fraction of sp³-hybridized carbons (Fsp3) is 0.333. The Bertz CT molecular complexity index is 989. The van der Waals surface area contributed by atoms with Gasteiger partial charge in [-0.2, -0.15) is 0 Å². The predicted octanol–water partition coefficient (Wildman–Crippen LogP) is 4.95. The van der Waals surface area contributed by atoms with E-state index >= 15 is 0 Å². The Morgan fingerprint density at radius 1 is 1.12 bits per heavy atom. The lowest BCUT2D eigenvalue weighted by atomic mass is 9.90. The molecule has 122 valence electrons. The Labute approximate surface area is 147 Å². The van der Waals surface area contributed by atoms with E-state index in [9.17, 15) is 0 Å². The first-order valence-electron chi connectivity index (χ1n) is 8.67. The summed E-state index contributed by atoms with van der Waals surface area (Å²) in [5.41, 5.74) is 8.78. The summed E-state index contributed by atoms with van der Waals surface area (Å²) in [6.07, 6.45) is 2.54. The van der Waals surface area contributed by atoms with Crippen molar-refractivity contribution in [1.29, 1.82) is 0 Å². The average Bonchev–Trinajstić information content (AvgIpc) is 3.10. The molecule has 24 heavy (non-hydrogen) atoms. The van der Waals surface area contributed by atoms with Gasteiger partial charge in [0.15, 0.2) is 0 Å². The van der Waals surface area contributed by atoms with Crippen molar-refractivity contribution in [2.24, 2.45) is 0 Å². The first-order valence-corrected chi connectivity index (χ1v) is 9.55. The molecule has 1 aromatic carbocycles. The van der Waals surface area contributed by atoms with Crippen molar-refractivity contribution < 1.29 is 0 Å². The quantitative estimate of drug-likeness (QED) is 0.611. The molecule has 2 aliphatic rings. The summed E-state index contributed by atoms with van der Waals surface area (Å²) in [6.45, 7) is 7.63. The number of nitrogens with zero attached hydrogens (tertiary/aromatic N) is 2. The highest BCUT2D eigenvalue weighted by Crippen LogP contribution is 2.43. The second kappa shape index (κ2) is 5.08. The summed E-state index contributed by atoms with van der Waals surface area (Å²) in [5, 5.41) is 3.68. The fourth-order valence-electron chi connectivity index (χ4n) is 4.52. The topological polar surface area (TPSA) is 8.17 Å². The molecule has 2 aliphatic heterocycles. The zero-order valence-electron chi connectivity index (χ0n) is 14.5. The van der Waals surface area contributed by atoms with Crippen molar-refractivity contribution in [3.63, 3.8) is 0 Å². The zero-order valence-corrected chi connectivity index (χ0v) is 15.3. The summed E-state index contributed by atoms with van der Waals surface area (Å²) < 4.78 is 2.59. The number of rotatable bonds is 1. The van der Waals surface area contributed by atoms with Gasteiger partial charge in [-0.05, 0) is 61.2 Å². The van der Waals surface area contributed by atoms with Crippen molar-refractivity contribution in [3.8, 4) is 0 Å². The second-order valence-corrected chi connectivity index (χ2v) is 8.31.